The van der Waals surface area contributed by atoms with Crippen LogP contribution in [-0.4, -0.2) is 19.8 Å². The summed E-state index contributed by atoms with van der Waals surface area (Å²) >= 11 is -1.38. The van der Waals surface area contributed by atoms with Gasteiger partial charge in [-0.25, -0.2) is 0 Å². The Balaban J connectivity index is 1.56. The van der Waals surface area contributed by atoms with Crippen LogP contribution in [0.2, 0.25) is 13.3 Å². The van der Waals surface area contributed by atoms with Gasteiger partial charge in [-0.1, -0.05) is 0 Å². The molecule has 126 valence electrons. The van der Waals surface area contributed by atoms with Gasteiger partial charge in [0, 0.05) is 0 Å². The van der Waals surface area contributed by atoms with E-state index >= 15 is 0 Å². The summed E-state index contributed by atoms with van der Waals surface area (Å²) in [4.78, 5) is 0. The molecule has 0 saturated carbocycles. The molecule has 0 aliphatic heterocycles. The van der Waals surface area contributed by atoms with Crippen molar-refractivity contribution in [2.24, 2.45) is 0 Å². The molecule has 1 heteroatoms. The minimum absolute atomic E-state index is 1.28. The average Bonchev–Trinajstić information content (AvgIpc) is 2.70. The first-order valence-corrected chi connectivity index (χ1v) is 15.4. The van der Waals surface area contributed by atoms with E-state index in [9.17, 15) is 0 Å². The molecule has 0 unspecified atom stereocenters. The van der Waals surface area contributed by atoms with Crippen molar-refractivity contribution >= 4 is 19.8 Å². The van der Waals surface area contributed by atoms with Crippen LogP contribution in [0.15, 0.2) is 91.0 Å². The van der Waals surface area contributed by atoms with Crippen molar-refractivity contribution in [3.8, 4) is 0 Å². The molecule has 3 rings (SSSR count). The van der Waals surface area contributed by atoms with Crippen LogP contribution in [0.5, 0.6) is 0 Å². The van der Waals surface area contributed by atoms with Gasteiger partial charge in [0.15, 0.2) is 0 Å². The molecule has 0 amide bonds. The third kappa shape index (κ3) is 6.70. The predicted molar refractivity (Wildman–Crippen MR) is 111 cm³/mol. The van der Waals surface area contributed by atoms with E-state index in [1.54, 1.807) is 0 Å². The first kappa shape index (κ1) is 18.3. The summed E-state index contributed by atoms with van der Waals surface area (Å²) < 4.78 is 4.43. The van der Waals surface area contributed by atoms with Crippen molar-refractivity contribution < 1.29 is 0 Å². The second kappa shape index (κ2) is 10.4. The number of hydrogen-bond donors (Lipinski definition) is 0. The molecule has 0 heterocycles. The van der Waals surface area contributed by atoms with E-state index in [0.29, 0.717) is 0 Å². The van der Waals surface area contributed by atoms with Gasteiger partial charge in [-0.05, 0) is 0 Å². The van der Waals surface area contributed by atoms with E-state index in [0.717, 1.165) is 0 Å². The van der Waals surface area contributed by atoms with Crippen molar-refractivity contribution in [3.05, 3.63) is 108 Å². The molecule has 0 nitrogen and oxygen atoms in total. The molecule has 0 radical (unpaired) electrons. The molecule has 0 N–H and O–H groups in total. The number of rotatable bonds is 9. The zero-order valence-electron chi connectivity index (χ0n) is 14.9. The van der Waals surface area contributed by atoms with E-state index < -0.39 is 19.8 Å². The van der Waals surface area contributed by atoms with Gasteiger partial charge in [0.2, 0.25) is 0 Å². The molecule has 25 heavy (non-hydrogen) atoms. The van der Waals surface area contributed by atoms with Gasteiger partial charge in [-0.3, -0.25) is 0 Å². The second-order valence-electron chi connectivity index (χ2n) is 6.71. The summed E-state index contributed by atoms with van der Waals surface area (Å²) in [5.74, 6) is 0. The fourth-order valence-corrected chi connectivity index (χ4v) is 10.9. The maximum absolute atomic E-state index is 2.29. The van der Waals surface area contributed by atoms with Crippen molar-refractivity contribution in [1.29, 1.82) is 0 Å². The molecule has 0 atom stereocenters. The fourth-order valence-electron chi connectivity index (χ4n) is 3.27. The number of aryl methyl sites for hydroxylation is 3. The summed E-state index contributed by atoms with van der Waals surface area (Å²) in [5.41, 5.74) is 4.54. The molecule has 0 aliphatic carbocycles. The van der Waals surface area contributed by atoms with Gasteiger partial charge in [-0.15, -0.1) is 0 Å². The minimum atomic E-state index is -1.38. The Bertz CT molecular complexity index is 603. The molecule has 0 aliphatic rings. The van der Waals surface area contributed by atoms with Crippen LogP contribution in [0, 0.1) is 0 Å². The van der Waals surface area contributed by atoms with Crippen molar-refractivity contribution in [2.45, 2.75) is 32.6 Å². The second-order valence-corrected chi connectivity index (χ2v) is 15.3. The van der Waals surface area contributed by atoms with Crippen molar-refractivity contribution in [3.63, 3.8) is 0 Å². The Morgan fingerprint density at radius 3 is 0.960 bits per heavy atom. The average molecular weight is 434 g/mol. The van der Waals surface area contributed by atoms with Gasteiger partial charge in [0.1, 0.15) is 0 Å². The Hall–Kier alpha value is -1.54. The summed E-state index contributed by atoms with van der Waals surface area (Å²) in [6.45, 7) is 0. The standard InChI is InChI=1S/3C8H9.Sn/c3*1-2-8-6-4-3-5-7-8;/h3*3-7H,1-2H2;/q;;;+1. The van der Waals surface area contributed by atoms with Crippen molar-refractivity contribution in [2.75, 3.05) is 0 Å². The molecule has 0 fully saturated rings. The number of hydrogen-bond acceptors (Lipinski definition) is 0. The summed E-state index contributed by atoms with van der Waals surface area (Å²) in [5, 5.41) is 0. The SMILES string of the molecule is c1ccc(C[CH2][Sn+]([CH2]Cc2ccccc2)[CH2]Cc2ccccc2)cc1. The third-order valence-corrected chi connectivity index (χ3v) is 13.0. The predicted octanol–water partition coefficient (Wildman–Crippen LogP) is 6.21. The van der Waals surface area contributed by atoms with Crippen LogP contribution in [-0.2, 0) is 19.3 Å². The Morgan fingerprint density at radius 2 is 0.680 bits per heavy atom. The number of benzene rings is 3. The molecule has 0 bridgehead atoms. The van der Waals surface area contributed by atoms with Crippen LogP contribution in [0.3, 0.4) is 0 Å². The third-order valence-electron chi connectivity index (χ3n) is 4.83. The van der Waals surface area contributed by atoms with E-state index in [2.05, 4.69) is 91.0 Å². The van der Waals surface area contributed by atoms with Gasteiger partial charge in [0.25, 0.3) is 0 Å². The fraction of sp³-hybridized carbons (Fsp3) is 0.250. The van der Waals surface area contributed by atoms with Crippen molar-refractivity contribution in [1.82, 2.24) is 0 Å². The van der Waals surface area contributed by atoms with Crippen LogP contribution < -0.4 is 0 Å². The first-order chi connectivity index (χ1) is 12.4. The van der Waals surface area contributed by atoms with Gasteiger partial charge in [-0.2, -0.15) is 0 Å². The van der Waals surface area contributed by atoms with Crippen LogP contribution >= 0.6 is 0 Å². The Kier molecular flexibility index (Phi) is 7.63. The van der Waals surface area contributed by atoms with Crippen LogP contribution in [0.4, 0.5) is 0 Å². The Labute approximate surface area is 159 Å². The van der Waals surface area contributed by atoms with Crippen LogP contribution in [0.25, 0.3) is 0 Å². The zero-order chi connectivity index (χ0) is 17.2. The molecular weight excluding hydrogens is 407 g/mol. The van der Waals surface area contributed by atoms with E-state index in [-0.39, 0.29) is 0 Å². The first-order valence-electron chi connectivity index (χ1n) is 9.35. The molecule has 0 aromatic heterocycles. The van der Waals surface area contributed by atoms with E-state index in [1.807, 2.05) is 0 Å². The quantitative estimate of drug-likeness (QED) is 0.352. The van der Waals surface area contributed by atoms with Gasteiger partial charge >= 0.3 is 160 Å². The molecular formula is C24H27Sn+. The zero-order valence-corrected chi connectivity index (χ0v) is 17.8. The molecule has 0 saturated heterocycles. The maximum atomic E-state index is 2.29. The summed E-state index contributed by atoms with van der Waals surface area (Å²) in [7, 11) is 0. The Morgan fingerprint density at radius 1 is 0.400 bits per heavy atom. The van der Waals surface area contributed by atoms with E-state index in [4.69, 9.17) is 0 Å². The molecule has 3 aromatic rings. The van der Waals surface area contributed by atoms with Gasteiger partial charge in [0.05, 0.1) is 0 Å². The molecule has 0 spiro atoms. The normalized spacial score (nSPS) is 10.6. The van der Waals surface area contributed by atoms with Crippen LogP contribution in [0.1, 0.15) is 16.7 Å². The monoisotopic (exact) mass is 435 g/mol. The van der Waals surface area contributed by atoms with Gasteiger partial charge < -0.3 is 0 Å². The topological polar surface area (TPSA) is 0 Å². The summed E-state index contributed by atoms with van der Waals surface area (Å²) in [6.07, 6.45) is 3.83. The molecule has 3 aromatic carbocycles. The van der Waals surface area contributed by atoms with E-state index in [1.165, 1.54) is 49.3 Å². The summed E-state index contributed by atoms with van der Waals surface area (Å²) in [6, 6.07) is 33.1.